The lowest BCUT2D eigenvalue weighted by Gasteiger charge is -2.15. The van der Waals surface area contributed by atoms with Crippen LogP contribution >= 0.6 is 7.82 Å². The maximum atomic E-state index is 11.8. The zero-order valence-corrected chi connectivity index (χ0v) is 7.47. The zero-order valence-electron chi connectivity index (χ0n) is 6.58. The van der Waals surface area contributed by atoms with Crippen molar-refractivity contribution in [1.82, 2.24) is 0 Å². The lowest BCUT2D eigenvalue weighted by atomic mass is 10.1. The van der Waals surface area contributed by atoms with E-state index in [0.29, 0.717) is 0 Å². The minimum absolute atomic E-state index is 1.08. The number of phosphoric acid groups is 1. The number of alkyl halides is 3. The summed E-state index contributed by atoms with van der Waals surface area (Å²) in [6.07, 6.45) is -8.30. The van der Waals surface area contributed by atoms with Gasteiger partial charge in [-0.3, -0.25) is 4.57 Å². The molecule has 0 N–H and O–H groups in total. The summed E-state index contributed by atoms with van der Waals surface area (Å²) in [5.41, 5.74) is 0. The van der Waals surface area contributed by atoms with Crippen LogP contribution in [0.4, 0.5) is 13.2 Å². The molecule has 1 fully saturated rings. The van der Waals surface area contributed by atoms with E-state index in [1.54, 1.807) is 0 Å². The molecule has 78 valence electrons. The molecule has 0 aliphatic carbocycles. The van der Waals surface area contributed by atoms with Gasteiger partial charge in [-0.2, -0.15) is 13.2 Å². The van der Waals surface area contributed by atoms with Crippen molar-refractivity contribution in [3.05, 3.63) is 0 Å². The molecule has 0 aromatic heterocycles. The van der Waals surface area contributed by atoms with Crippen LogP contribution in [0.1, 0.15) is 13.3 Å². The van der Waals surface area contributed by atoms with E-state index in [-0.39, 0.29) is 0 Å². The van der Waals surface area contributed by atoms with Gasteiger partial charge in [-0.1, -0.05) is 0 Å². The van der Waals surface area contributed by atoms with Crippen LogP contribution in [0.25, 0.3) is 0 Å². The largest absolute Gasteiger partial charge is 0.756 e. The van der Waals surface area contributed by atoms with Gasteiger partial charge in [-0.05, 0) is 6.92 Å². The normalized spacial score (nSPS) is 41.0. The van der Waals surface area contributed by atoms with E-state index in [2.05, 4.69) is 9.05 Å². The highest BCUT2D eigenvalue weighted by molar-refractivity contribution is 7.46. The average molecular weight is 219 g/mol. The third-order valence-corrected chi connectivity index (χ3v) is 2.64. The van der Waals surface area contributed by atoms with Crippen LogP contribution in [0.2, 0.25) is 0 Å². The van der Waals surface area contributed by atoms with E-state index in [1.165, 1.54) is 6.92 Å². The third kappa shape index (κ3) is 3.27. The van der Waals surface area contributed by atoms with Crippen LogP contribution in [0.15, 0.2) is 0 Å². The van der Waals surface area contributed by atoms with Crippen LogP contribution in [-0.4, -0.2) is 18.4 Å². The Balaban J connectivity index is 2.59. The summed E-state index contributed by atoms with van der Waals surface area (Å²) in [5, 5.41) is 0. The fourth-order valence-electron chi connectivity index (χ4n) is 0.979. The van der Waals surface area contributed by atoms with Gasteiger partial charge >= 0.3 is 6.18 Å². The first kappa shape index (κ1) is 11.0. The molecule has 0 amide bonds. The van der Waals surface area contributed by atoms with Crippen molar-refractivity contribution in [1.29, 1.82) is 0 Å². The molecule has 8 heteroatoms. The predicted octanol–water partition coefficient (Wildman–Crippen LogP) is 1.21. The van der Waals surface area contributed by atoms with Gasteiger partial charge in [-0.15, -0.1) is 0 Å². The van der Waals surface area contributed by atoms with E-state index < -0.39 is 32.6 Å². The summed E-state index contributed by atoms with van der Waals surface area (Å²) in [6, 6.07) is 0. The van der Waals surface area contributed by atoms with Crippen molar-refractivity contribution in [2.75, 3.05) is 0 Å². The van der Waals surface area contributed by atoms with Crippen LogP contribution in [0.5, 0.6) is 0 Å². The molecule has 0 aromatic rings. The summed E-state index contributed by atoms with van der Waals surface area (Å²) < 4.78 is 54.2. The van der Waals surface area contributed by atoms with Gasteiger partial charge in [0.2, 0.25) is 0 Å². The molecule has 13 heavy (non-hydrogen) atoms. The van der Waals surface area contributed by atoms with E-state index in [9.17, 15) is 22.6 Å². The van der Waals surface area contributed by atoms with Crippen molar-refractivity contribution >= 4 is 7.82 Å². The Hall–Kier alpha value is -0.100. The SMILES string of the molecule is CC1OP(=O)([O-])OC1CC(F)(F)F. The lowest BCUT2D eigenvalue weighted by molar-refractivity contribution is -0.217. The maximum Gasteiger partial charge on any atom is 0.391 e. The van der Waals surface area contributed by atoms with Crippen LogP contribution in [0, 0.1) is 0 Å². The first-order chi connectivity index (χ1) is 5.70. The zero-order chi connectivity index (χ0) is 10.3. The van der Waals surface area contributed by atoms with E-state index in [0.717, 1.165) is 0 Å². The van der Waals surface area contributed by atoms with Gasteiger partial charge in [-0.25, -0.2) is 0 Å². The highest BCUT2D eigenvalue weighted by atomic mass is 31.2. The van der Waals surface area contributed by atoms with Gasteiger partial charge in [0, 0.05) is 0 Å². The van der Waals surface area contributed by atoms with Gasteiger partial charge in [0.25, 0.3) is 7.82 Å². The molecule has 1 heterocycles. The fourth-order valence-corrected chi connectivity index (χ4v) is 2.15. The van der Waals surface area contributed by atoms with E-state index >= 15 is 0 Å². The summed E-state index contributed by atoms with van der Waals surface area (Å²) >= 11 is 0. The van der Waals surface area contributed by atoms with Crippen molar-refractivity contribution in [2.45, 2.75) is 31.7 Å². The van der Waals surface area contributed by atoms with E-state index in [4.69, 9.17) is 0 Å². The van der Waals surface area contributed by atoms with Crippen molar-refractivity contribution in [2.24, 2.45) is 0 Å². The van der Waals surface area contributed by atoms with Crippen LogP contribution < -0.4 is 4.89 Å². The second kappa shape index (κ2) is 3.24. The maximum absolute atomic E-state index is 11.8. The predicted molar refractivity (Wildman–Crippen MR) is 33.7 cm³/mol. The monoisotopic (exact) mass is 219 g/mol. The molecule has 0 spiro atoms. The number of phosphoric ester groups is 1. The summed E-state index contributed by atoms with van der Waals surface area (Å²) in [5.74, 6) is 0. The van der Waals surface area contributed by atoms with Gasteiger partial charge in [0.15, 0.2) is 0 Å². The Labute approximate surface area is 72.3 Å². The second-order valence-electron chi connectivity index (χ2n) is 2.72. The van der Waals surface area contributed by atoms with Gasteiger partial charge in [0.05, 0.1) is 12.5 Å². The molecule has 3 unspecified atom stereocenters. The van der Waals surface area contributed by atoms with Crippen LogP contribution in [0.3, 0.4) is 0 Å². The molecule has 1 aliphatic rings. The lowest BCUT2D eigenvalue weighted by Crippen LogP contribution is -2.26. The number of hydrogen-bond acceptors (Lipinski definition) is 4. The minimum Gasteiger partial charge on any atom is -0.756 e. The van der Waals surface area contributed by atoms with Crippen molar-refractivity contribution in [3.63, 3.8) is 0 Å². The Morgan fingerprint density at radius 3 is 2.31 bits per heavy atom. The minimum atomic E-state index is -4.49. The molecule has 3 atom stereocenters. The van der Waals surface area contributed by atoms with Crippen LogP contribution in [-0.2, 0) is 13.6 Å². The quantitative estimate of drug-likeness (QED) is 0.622. The first-order valence-electron chi connectivity index (χ1n) is 3.44. The summed E-state index contributed by atoms with van der Waals surface area (Å²) in [6.45, 7) is 1.22. The molecule has 0 radical (unpaired) electrons. The average Bonchev–Trinajstić information content (AvgIpc) is 2.00. The van der Waals surface area contributed by atoms with Gasteiger partial charge in [0.1, 0.15) is 6.10 Å². The molecule has 0 saturated carbocycles. The molecule has 4 nitrogen and oxygen atoms in total. The Kier molecular flexibility index (Phi) is 2.73. The fraction of sp³-hybridized carbons (Fsp3) is 1.00. The topological polar surface area (TPSA) is 58.6 Å². The summed E-state index contributed by atoms with van der Waals surface area (Å²) in [7, 11) is -4.49. The molecular formula is C5H7F3O4P-. The molecule has 1 aliphatic heterocycles. The first-order valence-corrected chi connectivity index (χ1v) is 4.90. The Morgan fingerprint density at radius 1 is 1.46 bits per heavy atom. The Bertz CT molecular complexity index is 240. The van der Waals surface area contributed by atoms with Gasteiger partial charge < -0.3 is 13.9 Å². The van der Waals surface area contributed by atoms with E-state index in [1.807, 2.05) is 0 Å². The molecule has 0 aromatic carbocycles. The third-order valence-electron chi connectivity index (χ3n) is 1.52. The molecule has 0 bridgehead atoms. The molecule has 1 rings (SSSR count). The number of hydrogen-bond donors (Lipinski definition) is 0. The number of rotatable bonds is 1. The standard InChI is InChI=1S/C5H8F3O4P/c1-3-4(2-5(6,7)8)12-13(9,10)11-3/h3-4H,2H2,1H3,(H,9,10)/p-1. The highest BCUT2D eigenvalue weighted by Crippen LogP contribution is 2.50. The second-order valence-corrected chi connectivity index (χ2v) is 4.04. The Morgan fingerprint density at radius 2 is 2.00 bits per heavy atom. The summed E-state index contributed by atoms with van der Waals surface area (Å²) in [4.78, 5) is 10.6. The smallest absolute Gasteiger partial charge is 0.391 e. The number of halogens is 3. The molecule has 1 saturated heterocycles. The molecular weight excluding hydrogens is 212 g/mol. The highest BCUT2D eigenvalue weighted by Gasteiger charge is 2.42. The van der Waals surface area contributed by atoms with Crippen molar-refractivity contribution in [3.8, 4) is 0 Å². The van der Waals surface area contributed by atoms with Crippen molar-refractivity contribution < 1.29 is 31.7 Å².